The molecule has 3 aliphatic rings. The Labute approximate surface area is 199 Å². The first-order valence-corrected chi connectivity index (χ1v) is 12.9. The number of anilines is 1. The number of benzene rings is 4. The second kappa shape index (κ2) is 6.67. The predicted molar refractivity (Wildman–Crippen MR) is 134 cm³/mol. The number of hydrogen-bond donors (Lipinski definition) is 0. The SMILES string of the molecule is Cc1ccc(S(=O)(=O)N2C3=Nc4ccccc4C34[C@H](c3ccccc3)[C@H]4c3ccccc32)cc1. The topological polar surface area (TPSA) is 49.7 Å². The van der Waals surface area contributed by atoms with E-state index in [9.17, 15) is 8.42 Å². The van der Waals surface area contributed by atoms with Crippen LogP contribution in [0.2, 0.25) is 0 Å². The van der Waals surface area contributed by atoms with Crippen molar-refractivity contribution in [1.29, 1.82) is 0 Å². The van der Waals surface area contributed by atoms with E-state index in [1.54, 1.807) is 12.1 Å². The summed E-state index contributed by atoms with van der Waals surface area (Å²) in [6.07, 6.45) is 0. The number of amidine groups is 1. The van der Waals surface area contributed by atoms with Crippen molar-refractivity contribution in [2.75, 3.05) is 4.31 Å². The van der Waals surface area contributed by atoms with Crippen molar-refractivity contribution in [3.63, 3.8) is 0 Å². The Bertz CT molecular complexity index is 1590. The minimum absolute atomic E-state index is 0.121. The van der Waals surface area contributed by atoms with Crippen LogP contribution in [-0.4, -0.2) is 14.3 Å². The Kier molecular flexibility index (Phi) is 3.87. The molecule has 0 bridgehead atoms. The molecule has 2 aliphatic heterocycles. The van der Waals surface area contributed by atoms with Crippen molar-refractivity contribution < 1.29 is 8.42 Å². The van der Waals surface area contributed by atoms with Gasteiger partial charge in [-0.05, 0) is 47.9 Å². The smallest absolute Gasteiger partial charge is 0.233 e. The summed E-state index contributed by atoms with van der Waals surface area (Å²) in [7, 11) is -3.88. The van der Waals surface area contributed by atoms with Crippen molar-refractivity contribution in [1.82, 2.24) is 0 Å². The van der Waals surface area contributed by atoms with Gasteiger partial charge in [-0.15, -0.1) is 0 Å². The van der Waals surface area contributed by atoms with Gasteiger partial charge in [0.15, 0.2) is 0 Å². The normalized spacial score (nSPS) is 23.9. The third-order valence-electron chi connectivity index (χ3n) is 7.55. The second-order valence-electron chi connectivity index (χ2n) is 9.33. The van der Waals surface area contributed by atoms with E-state index in [0.29, 0.717) is 11.5 Å². The maximum absolute atomic E-state index is 14.2. The number of hydrogen-bond acceptors (Lipinski definition) is 3. The molecule has 5 heteroatoms. The molecule has 0 radical (unpaired) electrons. The van der Waals surface area contributed by atoms with E-state index in [2.05, 4.69) is 36.4 Å². The molecule has 1 saturated carbocycles. The molecule has 166 valence electrons. The van der Waals surface area contributed by atoms with Gasteiger partial charge in [-0.3, -0.25) is 0 Å². The zero-order chi connectivity index (χ0) is 23.1. The molecule has 0 N–H and O–H groups in total. The molecule has 34 heavy (non-hydrogen) atoms. The third-order valence-corrected chi connectivity index (χ3v) is 9.27. The van der Waals surface area contributed by atoms with Crippen molar-refractivity contribution in [2.45, 2.75) is 29.1 Å². The lowest BCUT2D eigenvalue weighted by molar-refractivity contribution is 0.595. The summed E-state index contributed by atoms with van der Waals surface area (Å²) in [4.78, 5) is 5.29. The molecule has 1 fully saturated rings. The molecule has 1 spiro atoms. The zero-order valence-corrected chi connectivity index (χ0v) is 19.4. The second-order valence-corrected chi connectivity index (χ2v) is 11.1. The van der Waals surface area contributed by atoms with Gasteiger partial charge in [0.2, 0.25) is 0 Å². The van der Waals surface area contributed by atoms with E-state index in [1.807, 2.05) is 61.5 Å². The highest BCUT2D eigenvalue weighted by atomic mass is 32.2. The van der Waals surface area contributed by atoms with Gasteiger partial charge in [-0.1, -0.05) is 84.4 Å². The molecule has 4 aromatic rings. The standard InChI is InChI=1S/C29H22N2O2S/c1-19-15-17-21(18-16-19)34(32,33)31-25-14-8-5-11-22(25)27-26(20-9-3-2-4-10-20)29(27)23-12-6-7-13-24(23)30-28(29)31/h2-18,26-27H,1H3/t26-,27-,29?/m1/s1. The number of nitrogens with zero attached hydrogens (tertiary/aromatic N) is 2. The van der Waals surface area contributed by atoms with E-state index in [1.165, 1.54) is 9.87 Å². The summed E-state index contributed by atoms with van der Waals surface area (Å²) >= 11 is 0. The highest BCUT2D eigenvalue weighted by molar-refractivity contribution is 7.93. The van der Waals surface area contributed by atoms with Crippen LogP contribution in [0.25, 0.3) is 0 Å². The Hall–Kier alpha value is -3.70. The average Bonchev–Trinajstić information content (AvgIpc) is 3.46. The molecular formula is C29H22N2O2S. The predicted octanol–water partition coefficient (Wildman–Crippen LogP) is 6.07. The molecule has 2 heterocycles. The Balaban J connectivity index is 1.53. The van der Waals surface area contributed by atoms with E-state index in [0.717, 1.165) is 22.4 Å². The first-order valence-electron chi connectivity index (χ1n) is 11.5. The van der Waals surface area contributed by atoms with Gasteiger partial charge in [0.25, 0.3) is 10.0 Å². The van der Waals surface area contributed by atoms with E-state index >= 15 is 0 Å². The van der Waals surface area contributed by atoms with Crippen LogP contribution in [0.3, 0.4) is 0 Å². The fraction of sp³-hybridized carbons (Fsp3) is 0.138. The highest BCUT2D eigenvalue weighted by Crippen LogP contribution is 2.77. The number of para-hydroxylation sites is 2. The summed E-state index contributed by atoms with van der Waals surface area (Å²) in [6.45, 7) is 1.96. The van der Waals surface area contributed by atoms with Crippen molar-refractivity contribution in [3.05, 3.63) is 125 Å². The maximum Gasteiger partial charge on any atom is 0.269 e. The van der Waals surface area contributed by atoms with Crippen LogP contribution in [0.4, 0.5) is 11.4 Å². The summed E-state index contributed by atoms with van der Waals surface area (Å²) < 4.78 is 29.9. The molecule has 7 rings (SSSR count). The van der Waals surface area contributed by atoms with Crippen LogP contribution in [0.5, 0.6) is 0 Å². The highest BCUT2D eigenvalue weighted by Gasteiger charge is 2.76. The quantitative estimate of drug-likeness (QED) is 0.371. The summed E-state index contributed by atoms with van der Waals surface area (Å²) in [5.74, 6) is 0.875. The molecule has 3 atom stereocenters. The van der Waals surface area contributed by atoms with Crippen LogP contribution in [-0.2, 0) is 15.4 Å². The van der Waals surface area contributed by atoms with Gasteiger partial charge >= 0.3 is 0 Å². The van der Waals surface area contributed by atoms with E-state index < -0.39 is 15.4 Å². The van der Waals surface area contributed by atoms with Crippen molar-refractivity contribution >= 4 is 27.2 Å². The lowest BCUT2D eigenvalue weighted by Crippen LogP contribution is -2.45. The van der Waals surface area contributed by atoms with Gasteiger partial charge in [0.05, 0.1) is 21.7 Å². The Morgan fingerprint density at radius 2 is 1.44 bits per heavy atom. The molecule has 0 saturated heterocycles. The lowest BCUT2D eigenvalue weighted by Gasteiger charge is -2.34. The minimum Gasteiger partial charge on any atom is -0.233 e. The van der Waals surface area contributed by atoms with Crippen LogP contribution < -0.4 is 4.31 Å². The van der Waals surface area contributed by atoms with Gasteiger partial charge in [-0.2, -0.15) is 0 Å². The van der Waals surface area contributed by atoms with Crippen LogP contribution in [0, 0.1) is 6.92 Å². The fourth-order valence-corrected chi connectivity index (χ4v) is 7.65. The summed E-state index contributed by atoms with van der Waals surface area (Å²) in [5, 5.41) is 0. The molecular weight excluding hydrogens is 440 g/mol. The van der Waals surface area contributed by atoms with Gasteiger partial charge in [0.1, 0.15) is 5.84 Å². The molecule has 1 unspecified atom stereocenters. The van der Waals surface area contributed by atoms with Crippen LogP contribution >= 0.6 is 0 Å². The van der Waals surface area contributed by atoms with Gasteiger partial charge in [0, 0.05) is 11.8 Å². The van der Waals surface area contributed by atoms with Crippen LogP contribution in [0.1, 0.15) is 34.1 Å². The minimum atomic E-state index is -3.88. The molecule has 1 aliphatic carbocycles. The van der Waals surface area contributed by atoms with Crippen molar-refractivity contribution in [2.24, 2.45) is 4.99 Å². The number of aliphatic imine (C=N–C) groups is 1. The molecule has 0 amide bonds. The average molecular weight is 463 g/mol. The molecule has 0 aromatic heterocycles. The van der Waals surface area contributed by atoms with E-state index in [4.69, 9.17) is 4.99 Å². The first-order chi connectivity index (χ1) is 16.5. The monoisotopic (exact) mass is 462 g/mol. The van der Waals surface area contributed by atoms with Gasteiger partial charge in [-0.25, -0.2) is 17.7 Å². The van der Waals surface area contributed by atoms with E-state index in [-0.39, 0.29) is 16.7 Å². The maximum atomic E-state index is 14.2. The number of rotatable bonds is 3. The summed E-state index contributed by atoms with van der Waals surface area (Å²) in [6, 6.07) is 33.5. The molecule has 4 aromatic carbocycles. The number of sulfonamides is 1. The van der Waals surface area contributed by atoms with Crippen molar-refractivity contribution in [3.8, 4) is 0 Å². The largest absolute Gasteiger partial charge is 0.269 e. The summed E-state index contributed by atoms with van der Waals surface area (Å²) in [5.41, 5.74) is 5.47. The molecule has 4 nitrogen and oxygen atoms in total. The lowest BCUT2D eigenvalue weighted by atomic mass is 9.86. The first kappa shape index (κ1) is 19.7. The Morgan fingerprint density at radius 3 is 2.24 bits per heavy atom. The number of aryl methyl sites for hydroxylation is 1. The number of fused-ring (bicyclic) bond motifs is 3. The third kappa shape index (κ3) is 2.37. The zero-order valence-electron chi connectivity index (χ0n) is 18.6. The Morgan fingerprint density at radius 1 is 0.765 bits per heavy atom. The van der Waals surface area contributed by atoms with Gasteiger partial charge < -0.3 is 0 Å². The van der Waals surface area contributed by atoms with Crippen LogP contribution in [0.15, 0.2) is 113 Å². The fourth-order valence-electron chi connectivity index (χ4n) is 6.11.